The third-order valence-corrected chi connectivity index (χ3v) is 7.21. The van der Waals surface area contributed by atoms with Crippen LogP contribution in [0.3, 0.4) is 0 Å². The molecule has 2 nitrogen and oxygen atoms in total. The highest BCUT2D eigenvalue weighted by Crippen LogP contribution is 2.39. The first-order valence-corrected chi connectivity index (χ1v) is 12.2. The van der Waals surface area contributed by atoms with Crippen LogP contribution in [-0.2, 0) is 0 Å². The van der Waals surface area contributed by atoms with Crippen molar-refractivity contribution in [3.63, 3.8) is 0 Å². The highest BCUT2D eigenvalue weighted by atomic mass is 16.3. The lowest BCUT2D eigenvalue weighted by atomic mass is 10.0. The molecule has 35 heavy (non-hydrogen) atoms. The molecule has 0 aliphatic carbocycles. The molecule has 0 amide bonds. The smallest absolute Gasteiger partial charge is 0.143 e. The summed E-state index contributed by atoms with van der Waals surface area (Å²) in [5.74, 6) is 0.519. The van der Waals surface area contributed by atoms with Gasteiger partial charge in [-0.3, -0.25) is 0 Å². The fourth-order valence-corrected chi connectivity index (χ4v) is 5.40. The fraction of sp³-hybridized carbons (Fsp3) is 0.0909. The van der Waals surface area contributed by atoms with Crippen molar-refractivity contribution >= 4 is 43.7 Å². The number of nitrogens with zero attached hydrogens (tertiary/aromatic N) is 1. The Morgan fingerprint density at radius 2 is 1.31 bits per heavy atom. The van der Waals surface area contributed by atoms with Gasteiger partial charge in [-0.25, -0.2) is 0 Å². The Bertz CT molecular complexity index is 1870. The molecule has 0 unspecified atom stereocenters. The van der Waals surface area contributed by atoms with Crippen LogP contribution in [-0.4, -0.2) is 4.57 Å². The molecule has 168 valence electrons. The second-order valence-electron chi connectivity index (χ2n) is 9.61. The third kappa shape index (κ3) is 3.03. The monoisotopic (exact) mass is 451 g/mol. The van der Waals surface area contributed by atoms with Crippen molar-refractivity contribution in [3.05, 3.63) is 115 Å². The number of para-hydroxylation sites is 3. The standard InChI is InChI=1S/C33H25NO/c1-21(2)22-14-17-24(18-15-22)34-30-12-5-3-8-26(30)29-20-23(16-19-31(29)34)25-10-7-11-28-27-9-4-6-13-32(27)35-33(25)28/h3-21H,1-2H3. The van der Waals surface area contributed by atoms with Gasteiger partial charge in [-0.1, -0.05) is 86.6 Å². The first-order chi connectivity index (χ1) is 17.2. The van der Waals surface area contributed by atoms with Crippen LogP contribution in [0.2, 0.25) is 0 Å². The lowest BCUT2D eigenvalue weighted by Gasteiger charge is -2.11. The average Bonchev–Trinajstić information content (AvgIpc) is 3.44. The van der Waals surface area contributed by atoms with Crippen molar-refractivity contribution in [1.82, 2.24) is 4.57 Å². The maximum Gasteiger partial charge on any atom is 0.143 e. The second-order valence-corrected chi connectivity index (χ2v) is 9.61. The van der Waals surface area contributed by atoms with Crippen LogP contribution in [0.5, 0.6) is 0 Å². The molecule has 0 radical (unpaired) electrons. The van der Waals surface area contributed by atoms with Gasteiger partial charge in [0.1, 0.15) is 11.2 Å². The summed E-state index contributed by atoms with van der Waals surface area (Å²) >= 11 is 0. The van der Waals surface area contributed by atoms with E-state index in [1.807, 2.05) is 12.1 Å². The molecule has 0 saturated heterocycles. The van der Waals surface area contributed by atoms with Crippen LogP contribution in [0.4, 0.5) is 0 Å². The van der Waals surface area contributed by atoms with Gasteiger partial charge in [0.25, 0.3) is 0 Å². The minimum absolute atomic E-state index is 0.519. The highest BCUT2D eigenvalue weighted by molar-refractivity contribution is 6.13. The number of rotatable bonds is 3. The SMILES string of the molecule is CC(C)c1ccc(-n2c3ccccc3c3cc(-c4cccc5c4oc4ccccc45)ccc32)cc1. The van der Waals surface area contributed by atoms with E-state index in [4.69, 9.17) is 4.42 Å². The molecular weight excluding hydrogens is 426 g/mol. The Balaban J connectivity index is 1.47. The summed E-state index contributed by atoms with van der Waals surface area (Å²) in [6.07, 6.45) is 0. The zero-order chi connectivity index (χ0) is 23.5. The van der Waals surface area contributed by atoms with Crippen molar-refractivity contribution in [3.8, 4) is 16.8 Å². The molecule has 0 saturated carbocycles. The summed E-state index contributed by atoms with van der Waals surface area (Å²) in [5, 5.41) is 4.82. The summed E-state index contributed by atoms with van der Waals surface area (Å²) < 4.78 is 8.71. The Hall–Kier alpha value is -4.30. The fourth-order valence-electron chi connectivity index (χ4n) is 5.40. The largest absolute Gasteiger partial charge is 0.455 e. The second kappa shape index (κ2) is 7.61. The molecule has 0 aliphatic heterocycles. The van der Waals surface area contributed by atoms with Gasteiger partial charge < -0.3 is 8.98 Å². The molecular formula is C33H25NO. The summed E-state index contributed by atoms with van der Waals surface area (Å²) in [6, 6.07) is 39.2. The predicted octanol–water partition coefficient (Wildman–Crippen LogP) is 9.47. The van der Waals surface area contributed by atoms with Crippen molar-refractivity contribution in [2.75, 3.05) is 0 Å². The third-order valence-electron chi connectivity index (χ3n) is 7.21. The molecule has 0 N–H and O–H groups in total. The summed E-state index contributed by atoms with van der Waals surface area (Å²) in [4.78, 5) is 0. The van der Waals surface area contributed by atoms with Crippen LogP contribution >= 0.6 is 0 Å². The first kappa shape index (κ1) is 20.1. The summed E-state index contributed by atoms with van der Waals surface area (Å²) in [6.45, 7) is 4.47. The minimum atomic E-state index is 0.519. The Morgan fingerprint density at radius 3 is 2.14 bits per heavy atom. The molecule has 2 aromatic heterocycles. The molecule has 2 heterocycles. The topological polar surface area (TPSA) is 18.1 Å². The number of hydrogen-bond acceptors (Lipinski definition) is 1. The highest BCUT2D eigenvalue weighted by Gasteiger charge is 2.16. The maximum atomic E-state index is 6.34. The molecule has 0 bridgehead atoms. The van der Waals surface area contributed by atoms with Gasteiger partial charge >= 0.3 is 0 Å². The van der Waals surface area contributed by atoms with Gasteiger partial charge in [0, 0.05) is 32.8 Å². The number of aromatic nitrogens is 1. The van der Waals surface area contributed by atoms with Crippen LogP contribution in [0.15, 0.2) is 114 Å². The quantitative estimate of drug-likeness (QED) is 0.262. The lowest BCUT2D eigenvalue weighted by molar-refractivity contribution is 0.670. The van der Waals surface area contributed by atoms with Gasteiger partial charge in [0.2, 0.25) is 0 Å². The number of fused-ring (bicyclic) bond motifs is 6. The van der Waals surface area contributed by atoms with E-state index in [9.17, 15) is 0 Å². The van der Waals surface area contributed by atoms with Crippen molar-refractivity contribution in [1.29, 1.82) is 0 Å². The molecule has 7 rings (SSSR count). The molecule has 2 heteroatoms. The maximum absolute atomic E-state index is 6.34. The number of hydrogen-bond donors (Lipinski definition) is 0. The zero-order valence-corrected chi connectivity index (χ0v) is 19.8. The van der Waals surface area contributed by atoms with Crippen molar-refractivity contribution < 1.29 is 4.42 Å². The van der Waals surface area contributed by atoms with E-state index in [1.54, 1.807) is 0 Å². The van der Waals surface area contributed by atoms with Crippen LogP contribution in [0.1, 0.15) is 25.3 Å². The van der Waals surface area contributed by atoms with E-state index in [0.717, 1.165) is 27.5 Å². The first-order valence-electron chi connectivity index (χ1n) is 12.2. The number of benzene rings is 5. The van der Waals surface area contributed by atoms with Crippen LogP contribution in [0, 0.1) is 0 Å². The average molecular weight is 452 g/mol. The van der Waals surface area contributed by atoms with Gasteiger partial charge in [-0.05, 0) is 53.4 Å². The molecule has 0 aliphatic rings. The van der Waals surface area contributed by atoms with E-state index in [0.29, 0.717) is 5.92 Å². The van der Waals surface area contributed by atoms with E-state index in [2.05, 4.69) is 115 Å². The van der Waals surface area contributed by atoms with Gasteiger partial charge in [-0.2, -0.15) is 0 Å². The normalized spacial score (nSPS) is 12.0. The Morgan fingerprint density at radius 1 is 0.600 bits per heavy atom. The molecule has 0 atom stereocenters. The zero-order valence-electron chi connectivity index (χ0n) is 19.8. The van der Waals surface area contributed by atoms with Crippen LogP contribution < -0.4 is 0 Å². The number of furan rings is 1. The van der Waals surface area contributed by atoms with Crippen molar-refractivity contribution in [2.45, 2.75) is 19.8 Å². The van der Waals surface area contributed by atoms with E-state index in [-0.39, 0.29) is 0 Å². The molecule has 7 aromatic rings. The lowest BCUT2D eigenvalue weighted by Crippen LogP contribution is -1.95. The van der Waals surface area contributed by atoms with E-state index >= 15 is 0 Å². The summed E-state index contributed by atoms with van der Waals surface area (Å²) in [7, 11) is 0. The van der Waals surface area contributed by atoms with Crippen LogP contribution in [0.25, 0.3) is 60.6 Å². The van der Waals surface area contributed by atoms with Gasteiger partial charge in [0.05, 0.1) is 11.0 Å². The Labute approximate surface area is 204 Å². The van der Waals surface area contributed by atoms with Crippen molar-refractivity contribution in [2.24, 2.45) is 0 Å². The molecule has 5 aromatic carbocycles. The van der Waals surface area contributed by atoms with E-state index in [1.165, 1.54) is 38.6 Å². The molecule has 0 spiro atoms. The van der Waals surface area contributed by atoms with Gasteiger partial charge in [-0.15, -0.1) is 0 Å². The van der Waals surface area contributed by atoms with E-state index < -0.39 is 0 Å². The summed E-state index contributed by atoms with van der Waals surface area (Å²) in [5.41, 5.74) is 9.14. The van der Waals surface area contributed by atoms with Gasteiger partial charge in [0.15, 0.2) is 0 Å². The molecule has 0 fully saturated rings. The Kier molecular flexibility index (Phi) is 4.37. The predicted molar refractivity (Wildman–Crippen MR) is 148 cm³/mol. The minimum Gasteiger partial charge on any atom is -0.455 e.